The van der Waals surface area contributed by atoms with Crippen molar-refractivity contribution >= 4 is 0 Å². The van der Waals surface area contributed by atoms with E-state index in [1.807, 2.05) is 0 Å². The van der Waals surface area contributed by atoms with Gasteiger partial charge in [0.25, 0.3) is 0 Å². The molecule has 2 atom stereocenters. The number of fused-ring (bicyclic) bond motifs is 2. The molecule has 0 aromatic rings. The second-order valence-corrected chi connectivity index (χ2v) is 4.61. The van der Waals surface area contributed by atoms with E-state index in [4.69, 9.17) is 0 Å². The molecule has 2 fully saturated rings. The molecule has 2 saturated heterocycles. The first-order valence-corrected chi connectivity index (χ1v) is 5.31. The third kappa shape index (κ3) is 1.73. The van der Waals surface area contributed by atoms with Gasteiger partial charge in [-0.05, 0) is 32.6 Å². The fraction of sp³-hybridized carbons (Fsp3) is 0.818. The predicted octanol–water partition coefficient (Wildman–Crippen LogP) is 1.73. The van der Waals surface area contributed by atoms with Crippen LogP contribution in [-0.2, 0) is 0 Å². The van der Waals surface area contributed by atoms with Crippen molar-refractivity contribution < 1.29 is 0 Å². The van der Waals surface area contributed by atoms with Gasteiger partial charge in [-0.15, -0.1) is 0 Å². The summed E-state index contributed by atoms with van der Waals surface area (Å²) in [6, 6.07) is 2.30. The van der Waals surface area contributed by atoms with Gasteiger partial charge in [0.15, 0.2) is 0 Å². The quantitative estimate of drug-likeness (QED) is 0.696. The van der Waals surface area contributed by atoms with Crippen molar-refractivity contribution in [1.29, 1.82) is 0 Å². The summed E-state index contributed by atoms with van der Waals surface area (Å²) in [6.07, 6.45) is 5.37. The van der Waals surface area contributed by atoms with Gasteiger partial charge < -0.3 is 10.2 Å². The minimum atomic E-state index is 0.733. The van der Waals surface area contributed by atoms with E-state index in [2.05, 4.69) is 30.8 Å². The standard InChI is InChI=1S/C11H20N2/c1-8(2)13(3)11-6-9-4-5-10(7-11)12-9/h9-12H,1,4-7H2,2-3H3. The zero-order valence-electron chi connectivity index (χ0n) is 8.71. The predicted molar refractivity (Wildman–Crippen MR) is 55.5 cm³/mol. The summed E-state index contributed by atoms with van der Waals surface area (Å²) in [5, 5.41) is 3.66. The lowest BCUT2D eigenvalue weighted by molar-refractivity contribution is 0.211. The van der Waals surface area contributed by atoms with Crippen LogP contribution in [0.2, 0.25) is 0 Å². The van der Waals surface area contributed by atoms with Gasteiger partial charge in [-0.3, -0.25) is 0 Å². The van der Waals surface area contributed by atoms with E-state index in [1.165, 1.54) is 31.4 Å². The first-order valence-electron chi connectivity index (χ1n) is 5.31. The average Bonchev–Trinajstić information content (AvgIpc) is 2.44. The van der Waals surface area contributed by atoms with Gasteiger partial charge >= 0.3 is 0 Å². The van der Waals surface area contributed by atoms with Crippen LogP contribution < -0.4 is 5.32 Å². The molecular formula is C11H20N2. The molecule has 1 N–H and O–H groups in total. The molecule has 0 saturated carbocycles. The summed E-state index contributed by atoms with van der Waals surface area (Å²) < 4.78 is 0. The Morgan fingerprint density at radius 2 is 1.85 bits per heavy atom. The van der Waals surface area contributed by atoms with Crippen LogP contribution >= 0.6 is 0 Å². The van der Waals surface area contributed by atoms with E-state index < -0.39 is 0 Å². The molecule has 2 heterocycles. The number of rotatable bonds is 2. The molecule has 2 aliphatic heterocycles. The van der Waals surface area contributed by atoms with Crippen molar-refractivity contribution in [3.05, 3.63) is 12.3 Å². The Kier molecular flexibility index (Phi) is 2.33. The van der Waals surface area contributed by atoms with Crippen molar-refractivity contribution in [3.8, 4) is 0 Å². The third-order valence-corrected chi connectivity index (χ3v) is 3.60. The maximum Gasteiger partial charge on any atom is 0.0313 e. The van der Waals surface area contributed by atoms with E-state index >= 15 is 0 Å². The maximum atomic E-state index is 4.01. The molecule has 2 rings (SSSR count). The normalized spacial score (nSPS) is 37.5. The maximum absolute atomic E-state index is 4.01. The number of hydrogen-bond acceptors (Lipinski definition) is 2. The Labute approximate surface area is 81.0 Å². The minimum Gasteiger partial charge on any atom is -0.375 e. The Morgan fingerprint density at radius 3 is 2.31 bits per heavy atom. The lowest BCUT2D eigenvalue weighted by Crippen LogP contribution is -2.46. The highest BCUT2D eigenvalue weighted by atomic mass is 15.2. The smallest absolute Gasteiger partial charge is 0.0313 e. The van der Waals surface area contributed by atoms with Crippen LogP contribution in [0.5, 0.6) is 0 Å². The SMILES string of the molecule is C=C(C)N(C)C1CC2CCC(C1)N2. The fourth-order valence-corrected chi connectivity index (χ4v) is 2.66. The molecule has 0 spiro atoms. The van der Waals surface area contributed by atoms with Crippen molar-refractivity contribution in [2.45, 2.75) is 50.7 Å². The van der Waals surface area contributed by atoms with E-state index in [1.54, 1.807) is 0 Å². The summed E-state index contributed by atoms with van der Waals surface area (Å²) >= 11 is 0. The Bertz CT molecular complexity index is 200. The Balaban J connectivity index is 1.98. The van der Waals surface area contributed by atoms with Gasteiger partial charge in [-0.2, -0.15) is 0 Å². The summed E-state index contributed by atoms with van der Waals surface area (Å²) in [4.78, 5) is 2.35. The zero-order chi connectivity index (χ0) is 9.42. The number of hydrogen-bond donors (Lipinski definition) is 1. The van der Waals surface area contributed by atoms with Gasteiger partial charge in [0.2, 0.25) is 0 Å². The van der Waals surface area contributed by atoms with E-state index in [0.717, 1.165) is 18.1 Å². The van der Waals surface area contributed by atoms with E-state index in [9.17, 15) is 0 Å². The van der Waals surface area contributed by atoms with E-state index in [0.29, 0.717) is 0 Å². The molecule has 2 unspecified atom stereocenters. The third-order valence-electron chi connectivity index (χ3n) is 3.60. The molecule has 2 heteroatoms. The molecule has 13 heavy (non-hydrogen) atoms. The van der Waals surface area contributed by atoms with Gasteiger partial charge in [0.05, 0.1) is 0 Å². The topological polar surface area (TPSA) is 15.3 Å². The van der Waals surface area contributed by atoms with Gasteiger partial charge in [0, 0.05) is 30.9 Å². The van der Waals surface area contributed by atoms with Crippen LogP contribution in [0.4, 0.5) is 0 Å². The molecule has 0 amide bonds. The molecule has 0 aliphatic carbocycles. The lowest BCUT2D eigenvalue weighted by atomic mass is 9.98. The second-order valence-electron chi connectivity index (χ2n) is 4.61. The van der Waals surface area contributed by atoms with Crippen LogP contribution in [0.15, 0.2) is 12.3 Å². The molecule has 2 aliphatic rings. The van der Waals surface area contributed by atoms with Gasteiger partial charge in [-0.1, -0.05) is 6.58 Å². The minimum absolute atomic E-state index is 0.733. The van der Waals surface area contributed by atoms with Crippen molar-refractivity contribution in [1.82, 2.24) is 10.2 Å². The molecule has 0 aromatic carbocycles. The number of allylic oxidation sites excluding steroid dienone is 1. The number of nitrogens with one attached hydrogen (secondary N) is 1. The lowest BCUT2D eigenvalue weighted by Gasteiger charge is -2.37. The van der Waals surface area contributed by atoms with Crippen molar-refractivity contribution in [2.75, 3.05) is 7.05 Å². The number of piperidine rings is 1. The average molecular weight is 180 g/mol. The molecule has 2 nitrogen and oxygen atoms in total. The van der Waals surface area contributed by atoms with E-state index in [-0.39, 0.29) is 0 Å². The highest BCUT2D eigenvalue weighted by Gasteiger charge is 2.34. The summed E-state index contributed by atoms with van der Waals surface area (Å²) in [5.41, 5.74) is 1.20. The summed E-state index contributed by atoms with van der Waals surface area (Å²) in [6.45, 7) is 6.11. The van der Waals surface area contributed by atoms with Gasteiger partial charge in [0.1, 0.15) is 0 Å². The zero-order valence-corrected chi connectivity index (χ0v) is 8.71. The highest BCUT2D eigenvalue weighted by molar-refractivity contribution is 4.99. The van der Waals surface area contributed by atoms with Crippen molar-refractivity contribution in [3.63, 3.8) is 0 Å². The largest absolute Gasteiger partial charge is 0.375 e. The van der Waals surface area contributed by atoms with Crippen molar-refractivity contribution in [2.24, 2.45) is 0 Å². The summed E-state index contributed by atoms with van der Waals surface area (Å²) in [5.74, 6) is 0. The van der Waals surface area contributed by atoms with Crippen LogP contribution in [0, 0.1) is 0 Å². The fourth-order valence-electron chi connectivity index (χ4n) is 2.66. The van der Waals surface area contributed by atoms with Crippen LogP contribution in [-0.4, -0.2) is 30.1 Å². The first-order chi connectivity index (χ1) is 6.16. The first kappa shape index (κ1) is 9.07. The summed E-state index contributed by atoms with van der Waals surface area (Å²) in [7, 11) is 2.18. The molecular weight excluding hydrogens is 160 g/mol. The van der Waals surface area contributed by atoms with Gasteiger partial charge in [-0.25, -0.2) is 0 Å². The Morgan fingerprint density at radius 1 is 1.31 bits per heavy atom. The molecule has 2 bridgehead atoms. The molecule has 74 valence electrons. The second kappa shape index (κ2) is 3.33. The Hall–Kier alpha value is -0.500. The van der Waals surface area contributed by atoms with Crippen LogP contribution in [0.25, 0.3) is 0 Å². The van der Waals surface area contributed by atoms with Crippen LogP contribution in [0.3, 0.4) is 0 Å². The molecule has 0 aromatic heterocycles. The molecule has 0 radical (unpaired) electrons. The monoisotopic (exact) mass is 180 g/mol. The highest BCUT2D eigenvalue weighted by Crippen LogP contribution is 2.30. The number of nitrogens with zero attached hydrogens (tertiary/aromatic N) is 1. The van der Waals surface area contributed by atoms with Crippen LogP contribution in [0.1, 0.15) is 32.6 Å².